The lowest BCUT2D eigenvalue weighted by Crippen LogP contribution is -2.43. The van der Waals surface area contributed by atoms with E-state index in [4.69, 9.17) is 11.6 Å². The number of anilines is 3. The third-order valence-corrected chi connectivity index (χ3v) is 5.62. The van der Waals surface area contributed by atoms with E-state index in [0.29, 0.717) is 16.7 Å². The number of hydrogen-bond acceptors (Lipinski definition) is 6. The van der Waals surface area contributed by atoms with Gasteiger partial charge >= 0.3 is 0 Å². The van der Waals surface area contributed by atoms with Crippen molar-refractivity contribution in [2.24, 2.45) is 0 Å². The molecule has 5 rings (SSSR count). The third kappa shape index (κ3) is 3.58. The second-order valence-corrected chi connectivity index (χ2v) is 7.73. The van der Waals surface area contributed by atoms with Gasteiger partial charge in [0.2, 0.25) is 5.95 Å². The number of imidazole rings is 1. The molecular formula is C22H22ClN7. The van der Waals surface area contributed by atoms with E-state index < -0.39 is 0 Å². The first-order valence-electron chi connectivity index (χ1n) is 9.97. The summed E-state index contributed by atoms with van der Waals surface area (Å²) in [5.74, 6) is 0.498. The summed E-state index contributed by atoms with van der Waals surface area (Å²) in [6, 6.07) is 12.3. The summed E-state index contributed by atoms with van der Waals surface area (Å²) in [5, 5.41) is 7.21. The Morgan fingerprint density at radius 3 is 2.77 bits per heavy atom. The van der Waals surface area contributed by atoms with Crippen LogP contribution in [0.25, 0.3) is 17.0 Å². The van der Waals surface area contributed by atoms with Crippen molar-refractivity contribution in [1.29, 1.82) is 0 Å². The molecule has 7 nitrogen and oxygen atoms in total. The van der Waals surface area contributed by atoms with E-state index in [-0.39, 0.29) is 0 Å². The molecule has 0 atom stereocenters. The Hall–Kier alpha value is -3.16. The molecule has 4 heterocycles. The average Bonchev–Trinajstić information content (AvgIpc) is 3.21. The van der Waals surface area contributed by atoms with E-state index in [1.165, 1.54) is 5.69 Å². The Morgan fingerprint density at radius 1 is 1.07 bits per heavy atom. The van der Waals surface area contributed by atoms with Crippen LogP contribution in [0.1, 0.15) is 5.56 Å². The highest BCUT2D eigenvalue weighted by atomic mass is 35.5. The van der Waals surface area contributed by atoms with Crippen molar-refractivity contribution in [3.05, 3.63) is 65.6 Å². The first-order chi connectivity index (χ1) is 14.7. The summed E-state index contributed by atoms with van der Waals surface area (Å²) in [6.07, 6.45) is 5.35. The number of hydrogen-bond donors (Lipinski definition) is 2. The molecule has 0 bridgehead atoms. The number of aryl methyl sites for hydroxylation is 1. The monoisotopic (exact) mass is 419 g/mol. The van der Waals surface area contributed by atoms with Crippen molar-refractivity contribution in [3.8, 4) is 11.4 Å². The van der Waals surface area contributed by atoms with Crippen molar-refractivity contribution < 1.29 is 0 Å². The fraction of sp³-hybridized carbons (Fsp3) is 0.227. The topological polar surface area (TPSA) is 70.4 Å². The summed E-state index contributed by atoms with van der Waals surface area (Å²) < 4.78 is 1.96. The van der Waals surface area contributed by atoms with E-state index in [2.05, 4.69) is 55.6 Å². The molecular weight excluding hydrogens is 398 g/mol. The Labute approximate surface area is 179 Å². The standard InChI is InChI=1S/C22H22ClN7/c1-15-12-16(29-10-7-24-8-11-29)5-6-18(15)27-22-26-13-17(23)21(28-22)19-14-25-20-4-2-3-9-30(19)20/h2-6,9,12-14,24H,7-8,10-11H2,1H3,(H,26,27,28). The zero-order chi connectivity index (χ0) is 20.5. The molecule has 0 amide bonds. The zero-order valence-corrected chi connectivity index (χ0v) is 17.4. The molecule has 1 saturated heterocycles. The minimum Gasteiger partial charge on any atom is -0.369 e. The Morgan fingerprint density at radius 2 is 1.93 bits per heavy atom. The Bertz CT molecular complexity index is 1200. The molecule has 3 aromatic heterocycles. The Balaban J connectivity index is 1.44. The van der Waals surface area contributed by atoms with Crippen LogP contribution in [0.15, 0.2) is 55.0 Å². The molecule has 152 valence electrons. The molecule has 1 aliphatic heterocycles. The van der Waals surface area contributed by atoms with Gasteiger partial charge in [-0.15, -0.1) is 0 Å². The number of fused-ring (bicyclic) bond motifs is 1. The maximum absolute atomic E-state index is 6.42. The van der Waals surface area contributed by atoms with Gasteiger partial charge in [0.1, 0.15) is 11.3 Å². The second kappa shape index (κ2) is 7.93. The number of nitrogens with one attached hydrogen (secondary N) is 2. The number of rotatable bonds is 4. The maximum atomic E-state index is 6.42. The molecule has 1 aromatic carbocycles. The van der Waals surface area contributed by atoms with Crippen LogP contribution in [0.4, 0.5) is 17.3 Å². The average molecular weight is 420 g/mol. The zero-order valence-electron chi connectivity index (χ0n) is 16.6. The molecule has 1 fully saturated rings. The van der Waals surface area contributed by atoms with Crippen LogP contribution in [-0.2, 0) is 0 Å². The number of halogens is 1. The summed E-state index contributed by atoms with van der Waals surface area (Å²) in [7, 11) is 0. The van der Waals surface area contributed by atoms with Crippen LogP contribution >= 0.6 is 11.6 Å². The lowest BCUT2D eigenvalue weighted by molar-refractivity contribution is 0.589. The molecule has 0 spiro atoms. The fourth-order valence-corrected chi connectivity index (χ4v) is 3.93. The van der Waals surface area contributed by atoms with Crippen LogP contribution in [0.3, 0.4) is 0 Å². The summed E-state index contributed by atoms with van der Waals surface area (Å²) in [4.78, 5) is 15.9. The van der Waals surface area contributed by atoms with E-state index in [9.17, 15) is 0 Å². The summed E-state index contributed by atoms with van der Waals surface area (Å²) in [6.45, 7) is 6.17. The van der Waals surface area contributed by atoms with E-state index in [1.807, 2.05) is 28.8 Å². The highest BCUT2D eigenvalue weighted by Gasteiger charge is 2.15. The van der Waals surface area contributed by atoms with Crippen LogP contribution in [0, 0.1) is 6.92 Å². The van der Waals surface area contributed by atoms with Gasteiger partial charge in [0.25, 0.3) is 0 Å². The van der Waals surface area contributed by atoms with Gasteiger partial charge in [-0.05, 0) is 42.8 Å². The van der Waals surface area contributed by atoms with E-state index >= 15 is 0 Å². The quantitative estimate of drug-likeness (QED) is 0.522. The molecule has 8 heteroatoms. The molecule has 4 aromatic rings. The minimum absolute atomic E-state index is 0.483. The highest BCUT2D eigenvalue weighted by Crippen LogP contribution is 2.29. The predicted octanol–water partition coefficient (Wildman–Crippen LogP) is 3.91. The maximum Gasteiger partial charge on any atom is 0.227 e. The van der Waals surface area contributed by atoms with Crippen molar-refractivity contribution in [3.63, 3.8) is 0 Å². The first kappa shape index (κ1) is 18.8. The van der Waals surface area contributed by atoms with Gasteiger partial charge in [-0.25, -0.2) is 15.0 Å². The molecule has 0 radical (unpaired) electrons. The van der Waals surface area contributed by atoms with Crippen molar-refractivity contribution >= 4 is 34.6 Å². The van der Waals surface area contributed by atoms with Gasteiger partial charge < -0.3 is 15.5 Å². The predicted molar refractivity (Wildman–Crippen MR) is 121 cm³/mol. The van der Waals surface area contributed by atoms with Gasteiger partial charge in [-0.2, -0.15) is 0 Å². The van der Waals surface area contributed by atoms with Crippen LogP contribution in [-0.4, -0.2) is 45.5 Å². The van der Waals surface area contributed by atoms with Gasteiger partial charge in [0.05, 0.1) is 23.1 Å². The smallest absolute Gasteiger partial charge is 0.227 e. The van der Waals surface area contributed by atoms with Gasteiger partial charge in [0, 0.05) is 43.8 Å². The van der Waals surface area contributed by atoms with Gasteiger partial charge in [0.15, 0.2) is 0 Å². The first-order valence-corrected chi connectivity index (χ1v) is 10.4. The highest BCUT2D eigenvalue weighted by molar-refractivity contribution is 6.32. The van der Waals surface area contributed by atoms with Crippen LogP contribution < -0.4 is 15.5 Å². The van der Waals surface area contributed by atoms with Gasteiger partial charge in [-0.1, -0.05) is 17.7 Å². The molecule has 0 saturated carbocycles. The minimum atomic E-state index is 0.483. The molecule has 0 aliphatic carbocycles. The van der Waals surface area contributed by atoms with E-state index in [1.54, 1.807) is 12.4 Å². The largest absolute Gasteiger partial charge is 0.369 e. The molecule has 30 heavy (non-hydrogen) atoms. The molecule has 1 aliphatic rings. The SMILES string of the molecule is Cc1cc(N2CCNCC2)ccc1Nc1ncc(Cl)c(-c2cnc3ccccn23)n1. The van der Waals surface area contributed by atoms with Crippen LogP contribution in [0.5, 0.6) is 0 Å². The van der Waals surface area contributed by atoms with Crippen molar-refractivity contribution in [1.82, 2.24) is 24.7 Å². The molecule has 2 N–H and O–H groups in total. The number of piperazine rings is 1. The number of nitrogens with zero attached hydrogens (tertiary/aromatic N) is 5. The van der Waals surface area contributed by atoms with Crippen LogP contribution in [0.2, 0.25) is 5.02 Å². The normalized spacial score (nSPS) is 14.3. The lowest BCUT2D eigenvalue weighted by atomic mass is 10.1. The Kier molecular flexibility index (Phi) is 4.98. The second-order valence-electron chi connectivity index (χ2n) is 7.32. The number of pyridine rings is 1. The molecule has 0 unspecified atom stereocenters. The summed E-state index contributed by atoms with van der Waals surface area (Å²) >= 11 is 6.42. The third-order valence-electron chi connectivity index (χ3n) is 5.34. The number of benzene rings is 1. The number of aromatic nitrogens is 4. The lowest BCUT2D eigenvalue weighted by Gasteiger charge is -2.30. The fourth-order valence-electron chi connectivity index (χ4n) is 3.74. The summed E-state index contributed by atoms with van der Waals surface area (Å²) in [5.41, 5.74) is 5.66. The van der Waals surface area contributed by atoms with Gasteiger partial charge in [-0.3, -0.25) is 4.40 Å². The van der Waals surface area contributed by atoms with Crippen molar-refractivity contribution in [2.75, 3.05) is 36.4 Å². The van der Waals surface area contributed by atoms with E-state index in [0.717, 1.165) is 48.8 Å². The van der Waals surface area contributed by atoms with Crippen molar-refractivity contribution in [2.45, 2.75) is 6.92 Å².